The lowest BCUT2D eigenvalue weighted by atomic mass is 10.0. The van der Waals surface area contributed by atoms with Crippen molar-refractivity contribution in [1.82, 2.24) is 4.90 Å². The minimum absolute atomic E-state index is 0.260. The summed E-state index contributed by atoms with van der Waals surface area (Å²) < 4.78 is 27.3. The van der Waals surface area contributed by atoms with Gasteiger partial charge >= 0.3 is 0 Å². The topological polar surface area (TPSA) is 3.24 Å². The van der Waals surface area contributed by atoms with Gasteiger partial charge in [-0.2, -0.15) is 0 Å². The molecular formula is C13H16BrF2N. The van der Waals surface area contributed by atoms with E-state index in [2.05, 4.69) is 27.8 Å². The van der Waals surface area contributed by atoms with Crippen molar-refractivity contribution in [3.63, 3.8) is 0 Å². The molecule has 1 heterocycles. The highest BCUT2D eigenvalue weighted by Gasteiger charge is 2.21. The lowest BCUT2D eigenvalue weighted by molar-refractivity contribution is 0.150. The molecule has 0 bridgehead atoms. The maximum Gasteiger partial charge on any atom is 0.137 e. The molecule has 1 aromatic carbocycles. The van der Waals surface area contributed by atoms with Gasteiger partial charge < -0.3 is 0 Å². The van der Waals surface area contributed by atoms with Crippen molar-refractivity contribution in [1.29, 1.82) is 0 Å². The van der Waals surface area contributed by atoms with Crippen LogP contribution in [0, 0.1) is 11.6 Å². The van der Waals surface area contributed by atoms with Crippen molar-refractivity contribution >= 4 is 15.9 Å². The van der Waals surface area contributed by atoms with Crippen molar-refractivity contribution in [3.05, 3.63) is 33.8 Å². The van der Waals surface area contributed by atoms with E-state index in [0.717, 1.165) is 25.5 Å². The first kappa shape index (κ1) is 13.0. The van der Waals surface area contributed by atoms with E-state index < -0.39 is 5.82 Å². The van der Waals surface area contributed by atoms with Gasteiger partial charge in [0, 0.05) is 18.2 Å². The zero-order valence-corrected chi connectivity index (χ0v) is 11.4. The number of likely N-dealkylation sites (tertiary alicyclic amines) is 1. The smallest absolute Gasteiger partial charge is 0.137 e. The Morgan fingerprint density at radius 2 is 2.00 bits per heavy atom. The second-order valence-corrected chi connectivity index (χ2v) is 5.43. The third-order valence-electron chi connectivity index (χ3n) is 3.44. The Hall–Kier alpha value is -0.480. The van der Waals surface area contributed by atoms with Gasteiger partial charge in [0.1, 0.15) is 11.6 Å². The fourth-order valence-corrected chi connectivity index (χ4v) is 2.76. The van der Waals surface area contributed by atoms with E-state index >= 15 is 0 Å². The zero-order valence-electron chi connectivity index (χ0n) is 9.85. The van der Waals surface area contributed by atoms with Crippen LogP contribution in [0.15, 0.2) is 16.6 Å². The van der Waals surface area contributed by atoms with E-state index in [4.69, 9.17) is 0 Å². The van der Waals surface area contributed by atoms with Crippen LogP contribution in [0.25, 0.3) is 0 Å². The number of nitrogens with zero attached hydrogens (tertiary/aromatic N) is 1. The number of rotatable bonds is 2. The van der Waals surface area contributed by atoms with Crippen molar-refractivity contribution in [2.45, 2.75) is 38.8 Å². The van der Waals surface area contributed by atoms with Crippen LogP contribution in [0.1, 0.15) is 31.7 Å². The molecule has 1 aromatic rings. The van der Waals surface area contributed by atoms with E-state index in [1.54, 1.807) is 0 Å². The highest BCUT2D eigenvalue weighted by molar-refractivity contribution is 9.10. The summed E-state index contributed by atoms with van der Waals surface area (Å²) in [5, 5.41) is 0. The van der Waals surface area contributed by atoms with Crippen LogP contribution >= 0.6 is 15.9 Å². The molecule has 1 aliphatic rings. The molecule has 0 saturated carbocycles. The molecule has 1 unspecified atom stereocenters. The summed E-state index contributed by atoms with van der Waals surface area (Å²) in [6.07, 6.45) is 3.50. The minimum Gasteiger partial charge on any atom is -0.296 e. The summed E-state index contributed by atoms with van der Waals surface area (Å²) in [7, 11) is 0. The Morgan fingerprint density at radius 1 is 1.29 bits per heavy atom. The molecule has 0 N–H and O–H groups in total. The molecule has 0 spiro atoms. The van der Waals surface area contributed by atoms with Gasteiger partial charge in [-0.1, -0.05) is 6.42 Å². The van der Waals surface area contributed by atoms with E-state index in [1.165, 1.54) is 12.5 Å². The number of hydrogen-bond acceptors (Lipinski definition) is 1. The van der Waals surface area contributed by atoms with Crippen LogP contribution in [-0.4, -0.2) is 17.5 Å². The largest absolute Gasteiger partial charge is 0.296 e. The Balaban J connectivity index is 2.20. The van der Waals surface area contributed by atoms with Gasteiger partial charge in [-0.15, -0.1) is 0 Å². The monoisotopic (exact) mass is 303 g/mol. The Morgan fingerprint density at radius 3 is 2.71 bits per heavy atom. The normalized spacial score (nSPS) is 21.8. The van der Waals surface area contributed by atoms with Crippen molar-refractivity contribution in [3.8, 4) is 0 Å². The minimum atomic E-state index is -0.397. The molecule has 0 aliphatic carbocycles. The molecule has 1 atom stereocenters. The second kappa shape index (κ2) is 5.44. The highest BCUT2D eigenvalue weighted by Crippen LogP contribution is 2.27. The molecule has 17 heavy (non-hydrogen) atoms. The van der Waals surface area contributed by atoms with Crippen LogP contribution in [0.2, 0.25) is 0 Å². The highest BCUT2D eigenvalue weighted by atomic mass is 79.9. The molecular weight excluding hydrogens is 288 g/mol. The molecule has 1 saturated heterocycles. The third kappa shape index (κ3) is 2.86. The molecule has 1 fully saturated rings. The number of benzene rings is 1. The van der Waals surface area contributed by atoms with Gasteiger partial charge in [-0.3, -0.25) is 4.90 Å². The fraction of sp³-hybridized carbons (Fsp3) is 0.538. The van der Waals surface area contributed by atoms with E-state index in [0.29, 0.717) is 18.2 Å². The number of halogens is 3. The first-order chi connectivity index (χ1) is 8.09. The summed E-state index contributed by atoms with van der Waals surface area (Å²) in [4.78, 5) is 2.21. The fourth-order valence-electron chi connectivity index (χ4n) is 2.31. The van der Waals surface area contributed by atoms with E-state index in [-0.39, 0.29) is 10.3 Å². The first-order valence-electron chi connectivity index (χ1n) is 5.96. The van der Waals surface area contributed by atoms with Crippen LogP contribution in [0.4, 0.5) is 8.78 Å². The lowest BCUT2D eigenvalue weighted by Gasteiger charge is -2.33. The average molecular weight is 304 g/mol. The molecule has 0 amide bonds. The Bertz CT molecular complexity index is 409. The van der Waals surface area contributed by atoms with Gasteiger partial charge in [-0.05, 0) is 54.4 Å². The maximum absolute atomic E-state index is 13.7. The summed E-state index contributed by atoms with van der Waals surface area (Å²) >= 11 is 3.14. The Labute approximate surface area is 109 Å². The second-order valence-electron chi connectivity index (χ2n) is 4.64. The molecule has 94 valence electrons. The zero-order chi connectivity index (χ0) is 12.4. The average Bonchev–Trinajstić information content (AvgIpc) is 2.32. The molecule has 2 rings (SSSR count). The standard InChI is InChI=1S/C13H16BrF2N/c1-9-4-2-3-7-17(9)8-10-11(15)5-6-12(16)13(10)14/h5-6,9H,2-4,7-8H2,1H3. The predicted molar refractivity (Wildman–Crippen MR) is 67.8 cm³/mol. The third-order valence-corrected chi connectivity index (χ3v) is 4.30. The van der Waals surface area contributed by atoms with Gasteiger partial charge in [0.2, 0.25) is 0 Å². The number of hydrogen-bond donors (Lipinski definition) is 0. The van der Waals surface area contributed by atoms with E-state index in [9.17, 15) is 8.78 Å². The van der Waals surface area contributed by atoms with Crippen molar-refractivity contribution in [2.24, 2.45) is 0 Å². The summed E-state index contributed by atoms with van der Waals surface area (Å²) in [5.41, 5.74) is 0.429. The van der Waals surface area contributed by atoms with Crippen LogP contribution in [0.5, 0.6) is 0 Å². The summed E-state index contributed by atoms with van der Waals surface area (Å²) in [5.74, 6) is -0.734. The van der Waals surface area contributed by atoms with Gasteiger partial charge in [-0.25, -0.2) is 8.78 Å². The van der Waals surface area contributed by atoms with Crippen molar-refractivity contribution < 1.29 is 8.78 Å². The molecule has 4 heteroatoms. The molecule has 1 aliphatic heterocycles. The maximum atomic E-state index is 13.7. The summed E-state index contributed by atoms with van der Waals surface area (Å²) in [6, 6.07) is 2.80. The SMILES string of the molecule is CC1CCCCN1Cc1c(F)ccc(F)c1Br. The quantitative estimate of drug-likeness (QED) is 0.744. The van der Waals surface area contributed by atoms with Crippen molar-refractivity contribution in [2.75, 3.05) is 6.54 Å². The van der Waals surface area contributed by atoms with E-state index in [1.807, 2.05) is 0 Å². The van der Waals surface area contributed by atoms with Crippen LogP contribution in [-0.2, 0) is 6.54 Å². The molecule has 1 nitrogen and oxygen atoms in total. The van der Waals surface area contributed by atoms with Gasteiger partial charge in [0.15, 0.2) is 0 Å². The first-order valence-corrected chi connectivity index (χ1v) is 6.75. The number of piperidine rings is 1. The van der Waals surface area contributed by atoms with Gasteiger partial charge in [0.25, 0.3) is 0 Å². The predicted octanol–water partition coefficient (Wildman–Crippen LogP) is 4.10. The molecule has 0 aromatic heterocycles. The Kier molecular flexibility index (Phi) is 4.15. The molecule has 0 radical (unpaired) electrons. The van der Waals surface area contributed by atoms with Gasteiger partial charge in [0.05, 0.1) is 4.47 Å². The lowest BCUT2D eigenvalue weighted by Crippen LogP contribution is -2.37. The van der Waals surface area contributed by atoms with Crippen LogP contribution < -0.4 is 0 Å². The summed E-state index contributed by atoms with van der Waals surface area (Å²) in [6.45, 7) is 3.58. The van der Waals surface area contributed by atoms with Crippen LogP contribution in [0.3, 0.4) is 0 Å².